The van der Waals surface area contributed by atoms with Crippen LogP contribution in [-0.2, 0) is 16.4 Å². The van der Waals surface area contributed by atoms with Gasteiger partial charge in [0.25, 0.3) is 5.91 Å². The smallest absolute Gasteiger partial charge is 0.252 e. The lowest BCUT2D eigenvalue weighted by atomic mass is 10.0. The first-order valence-electron chi connectivity index (χ1n) is 11.9. The number of fused-ring (bicyclic) bond motifs is 1. The Morgan fingerprint density at radius 3 is 2.54 bits per heavy atom. The fourth-order valence-corrected chi connectivity index (χ4v) is 6.44. The maximum absolute atomic E-state index is 13.6. The van der Waals surface area contributed by atoms with E-state index in [1.165, 1.54) is 0 Å². The fraction of sp³-hybridized carbons (Fsp3) is 0.296. The Kier molecular flexibility index (Phi) is 6.59. The molecule has 4 aromatic rings. The summed E-state index contributed by atoms with van der Waals surface area (Å²) in [7, 11) is 0.0511. The molecule has 1 atom stereocenters. The Labute approximate surface area is 215 Å². The summed E-state index contributed by atoms with van der Waals surface area (Å²) in [4.78, 5) is 18.4. The molecule has 192 valence electrons. The molecule has 1 unspecified atom stereocenters. The largest absolute Gasteiger partial charge is 0.497 e. The highest BCUT2D eigenvalue weighted by atomic mass is 32.2. The van der Waals surface area contributed by atoms with Crippen molar-refractivity contribution in [1.29, 1.82) is 0 Å². The predicted molar refractivity (Wildman–Crippen MR) is 141 cm³/mol. The molecule has 9 nitrogen and oxygen atoms in total. The number of nitrogens with one attached hydrogen (secondary N) is 1. The standard InChI is InChI=1S/C27H28N4O5S/c1-17-25-22(27(32)28-15-19-6-4-5-7-24(19)36-3)14-23(18-8-10-21(35-2)11-9-18)29-26(25)31(30-17)20-12-13-37(33,34)16-20/h4-11,14,20H,12-13,15-16H2,1-3H3,(H,28,32). The van der Waals surface area contributed by atoms with Gasteiger partial charge in [-0.3, -0.25) is 4.79 Å². The molecule has 0 bridgehead atoms. The van der Waals surface area contributed by atoms with Crippen molar-refractivity contribution in [2.45, 2.75) is 25.9 Å². The molecule has 0 radical (unpaired) electrons. The number of pyridine rings is 1. The molecular weight excluding hydrogens is 492 g/mol. The summed E-state index contributed by atoms with van der Waals surface area (Å²) in [5.41, 5.74) is 3.77. The molecule has 5 rings (SSSR count). The average Bonchev–Trinajstić information content (AvgIpc) is 3.45. The van der Waals surface area contributed by atoms with Crippen LogP contribution in [0.1, 0.15) is 34.1 Å². The van der Waals surface area contributed by atoms with Gasteiger partial charge < -0.3 is 14.8 Å². The second-order valence-corrected chi connectivity index (χ2v) is 11.3. The summed E-state index contributed by atoms with van der Waals surface area (Å²) in [5, 5.41) is 8.27. The summed E-state index contributed by atoms with van der Waals surface area (Å²) in [5.74, 6) is 1.23. The van der Waals surface area contributed by atoms with Gasteiger partial charge in [-0.1, -0.05) is 18.2 Å². The van der Waals surface area contributed by atoms with Crippen molar-refractivity contribution in [2.24, 2.45) is 0 Å². The van der Waals surface area contributed by atoms with E-state index < -0.39 is 9.84 Å². The summed E-state index contributed by atoms with van der Waals surface area (Å²) >= 11 is 0. The Bertz CT molecular complexity index is 1580. The van der Waals surface area contributed by atoms with Gasteiger partial charge in [0.2, 0.25) is 0 Å². The number of carbonyl (C=O) groups excluding carboxylic acids is 1. The lowest BCUT2D eigenvalue weighted by molar-refractivity contribution is 0.0952. The number of carbonyl (C=O) groups is 1. The van der Waals surface area contributed by atoms with Crippen molar-refractivity contribution in [3.63, 3.8) is 0 Å². The number of hydrogen-bond acceptors (Lipinski definition) is 7. The first kappa shape index (κ1) is 24.8. The molecule has 2 aromatic carbocycles. The average molecular weight is 521 g/mol. The second kappa shape index (κ2) is 9.85. The number of nitrogens with zero attached hydrogens (tertiary/aromatic N) is 3. The summed E-state index contributed by atoms with van der Waals surface area (Å²) in [6.45, 7) is 2.09. The lowest BCUT2D eigenvalue weighted by Gasteiger charge is -2.13. The maximum atomic E-state index is 13.6. The Morgan fingerprint density at radius 1 is 1.11 bits per heavy atom. The van der Waals surface area contributed by atoms with Crippen LogP contribution in [0.25, 0.3) is 22.3 Å². The molecule has 1 fully saturated rings. The number of methoxy groups -OCH3 is 2. The van der Waals surface area contributed by atoms with E-state index in [2.05, 4.69) is 10.4 Å². The van der Waals surface area contributed by atoms with Crippen molar-refractivity contribution in [3.8, 4) is 22.8 Å². The van der Waals surface area contributed by atoms with Gasteiger partial charge in [-0.05, 0) is 49.7 Å². The monoisotopic (exact) mass is 520 g/mol. The lowest BCUT2D eigenvalue weighted by Crippen LogP contribution is -2.23. The molecule has 1 aliphatic heterocycles. The highest BCUT2D eigenvalue weighted by Crippen LogP contribution is 2.32. The molecule has 0 aliphatic carbocycles. The summed E-state index contributed by atoms with van der Waals surface area (Å²) < 4.78 is 36.8. The van der Waals surface area contributed by atoms with Crippen LogP contribution in [0.2, 0.25) is 0 Å². The van der Waals surface area contributed by atoms with Crippen LogP contribution >= 0.6 is 0 Å². The predicted octanol–water partition coefficient (Wildman–Crippen LogP) is 3.71. The number of para-hydroxylation sites is 1. The van der Waals surface area contributed by atoms with Crippen LogP contribution in [0, 0.1) is 6.92 Å². The number of ether oxygens (including phenoxy) is 2. The molecule has 10 heteroatoms. The number of amides is 1. The van der Waals surface area contributed by atoms with E-state index in [4.69, 9.17) is 14.5 Å². The van der Waals surface area contributed by atoms with E-state index in [0.717, 1.165) is 11.1 Å². The van der Waals surface area contributed by atoms with Gasteiger partial charge in [-0.15, -0.1) is 0 Å². The van der Waals surface area contributed by atoms with Crippen LogP contribution in [0.4, 0.5) is 0 Å². The zero-order valence-corrected chi connectivity index (χ0v) is 21.7. The fourth-order valence-electron chi connectivity index (χ4n) is 4.74. The number of aryl methyl sites for hydroxylation is 1. The van der Waals surface area contributed by atoms with E-state index in [0.29, 0.717) is 45.9 Å². The minimum Gasteiger partial charge on any atom is -0.497 e. The van der Waals surface area contributed by atoms with Gasteiger partial charge >= 0.3 is 0 Å². The molecule has 1 aliphatic rings. The molecule has 0 spiro atoms. The molecular formula is C27H28N4O5S. The number of hydrogen-bond donors (Lipinski definition) is 1. The van der Waals surface area contributed by atoms with Gasteiger partial charge in [0, 0.05) is 17.7 Å². The van der Waals surface area contributed by atoms with Crippen LogP contribution in [0.15, 0.2) is 54.6 Å². The Hall–Kier alpha value is -3.92. The third-order valence-electron chi connectivity index (χ3n) is 6.65. The van der Waals surface area contributed by atoms with Crippen LogP contribution in [0.5, 0.6) is 11.5 Å². The van der Waals surface area contributed by atoms with Gasteiger partial charge in [0.15, 0.2) is 15.5 Å². The number of aromatic nitrogens is 3. The molecule has 0 saturated carbocycles. The number of benzene rings is 2. The van der Waals surface area contributed by atoms with Gasteiger partial charge in [-0.25, -0.2) is 18.1 Å². The summed E-state index contributed by atoms with van der Waals surface area (Å²) in [6.07, 6.45) is 0.461. The van der Waals surface area contributed by atoms with Crippen LogP contribution in [-0.4, -0.2) is 54.8 Å². The second-order valence-electron chi connectivity index (χ2n) is 9.06. The molecule has 2 aromatic heterocycles. The highest BCUT2D eigenvalue weighted by Gasteiger charge is 2.32. The first-order valence-corrected chi connectivity index (χ1v) is 13.8. The van der Waals surface area contributed by atoms with Gasteiger partial charge in [0.1, 0.15) is 11.5 Å². The number of sulfone groups is 1. The van der Waals surface area contributed by atoms with E-state index in [9.17, 15) is 13.2 Å². The summed E-state index contributed by atoms with van der Waals surface area (Å²) in [6, 6.07) is 16.3. The zero-order chi connectivity index (χ0) is 26.2. The third-order valence-corrected chi connectivity index (χ3v) is 8.40. The highest BCUT2D eigenvalue weighted by molar-refractivity contribution is 7.91. The quantitative estimate of drug-likeness (QED) is 0.395. The van der Waals surface area contributed by atoms with E-state index in [-0.39, 0.29) is 30.0 Å². The van der Waals surface area contributed by atoms with Crippen molar-refractivity contribution < 1.29 is 22.7 Å². The van der Waals surface area contributed by atoms with Crippen LogP contribution in [0.3, 0.4) is 0 Å². The molecule has 1 N–H and O–H groups in total. The molecule has 1 saturated heterocycles. The van der Waals surface area contributed by atoms with Gasteiger partial charge in [0.05, 0.1) is 54.1 Å². The van der Waals surface area contributed by atoms with Crippen molar-refractivity contribution in [3.05, 3.63) is 71.4 Å². The van der Waals surface area contributed by atoms with Crippen molar-refractivity contribution in [1.82, 2.24) is 20.1 Å². The maximum Gasteiger partial charge on any atom is 0.252 e. The van der Waals surface area contributed by atoms with E-state index in [1.54, 1.807) is 25.0 Å². The van der Waals surface area contributed by atoms with Crippen molar-refractivity contribution in [2.75, 3.05) is 25.7 Å². The van der Waals surface area contributed by atoms with Crippen molar-refractivity contribution >= 4 is 26.8 Å². The molecule has 3 heterocycles. The topological polar surface area (TPSA) is 112 Å². The Balaban J connectivity index is 1.60. The first-order chi connectivity index (χ1) is 17.8. The zero-order valence-electron chi connectivity index (χ0n) is 20.9. The SMILES string of the molecule is COc1ccc(-c2cc(C(=O)NCc3ccccc3OC)c3c(C)nn(C4CCS(=O)(=O)C4)c3n2)cc1. The minimum absolute atomic E-state index is 0.00694. The van der Waals surface area contributed by atoms with E-state index >= 15 is 0 Å². The van der Waals surface area contributed by atoms with E-state index in [1.807, 2.05) is 55.5 Å². The Morgan fingerprint density at radius 2 is 1.86 bits per heavy atom. The minimum atomic E-state index is -3.14. The molecule has 1 amide bonds. The van der Waals surface area contributed by atoms with Crippen LogP contribution < -0.4 is 14.8 Å². The van der Waals surface area contributed by atoms with Gasteiger partial charge in [-0.2, -0.15) is 5.10 Å². The normalized spacial score (nSPS) is 16.6. The molecule has 37 heavy (non-hydrogen) atoms. The number of rotatable bonds is 7. The third kappa shape index (κ3) is 4.89.